The van der Waals surface area contributed by atoms with Crippen LogP contribution < -0.4 is 10.6 Å². The van der Waals surface area contributed by atoms with E-state index in [1.807, 2.05) is 18.7 Å². The molecule has 100 valence electrons. The number of aliphatic hydroxyl groups is 1. The molecule has 0 aromatic carbocycles. The van der Waals surface area contributed by atoms with E-state index in [0.29, 0.717) is 18.8 Å². The molecule has 18 heavy (non-hydrogen) atoms. The maximum Gasteiger partial charge on any atom is 0.276 e. The van der Waals surface area contributed by atoms with Gasteiger partial charge in [0.25, 0.3) is 5.69 Å². The van der Waals surface area contributed by atoms with Gasteiger partial charge in [0.2, 0.25) is 0 Å². The van der Waals surface area contributed by atoms with Gasteiger partial charge in [0.15, 0.2) is 0 Å². The van der Waals surface area contributed by atoms with Crippen molar-refractivity contribution in [2.75, 3.05) is 23.8 Å². The molecular formula is C11H18N4O3. The summed E-state index contributed by atoms with van der Waals surface area (Å²) in [6.45, 7) is 4.54. The van der Waals surface area contributed by atoms with Gasteiger partial charge in [-0.1, -0.05) is 0 Å². The van der Waals surface area contributed by atoms with E-state index in [0.717, 1.165) is 0 Å². The van der Waals surface area contributed by atoms with E-state index in [1.54, 1.807) is 0 Å². The van der Waals surface area contributed by atoms with Gasteiger partial charge in [-0.15, -0.1) is 0 Å². The van der Waals surface area contributed by atoms with E-state index < -0.39 is 4.92 Å². The predicted octanol–water partition coefficient (Wildman–Crippen LogP) is 1.17. The Morgan fingerprint density at radius 3 is 2.72 bits per heavy atom. The molecule has 0 aliphatic rings. The monoisotopic (exact) mass is 254 g/mol. The van der Waals surface area contributed by atoms with Gasteiger partial charge in [0.1, 0.15) is 11.6 Å². The number of aromatic nitrogens is 1. The average Bonchev–Trinajstić information content (AvgIpc) is 2.28. The van der Waals surface area contributed by atoms with Gasteiger partial charge in [-0.25, -0.2) is 4.98 Å². The Morgan fingerprint density at radius 1 is 1.56 bits per heavy atom. The van der Waals surface area contributed by atoms with Crippen molar-refractivity contribution in [2.24, 2.45) is 0 Å². The van der Waals surface area contributed by atoms with Crippen molar-refractivity contribution in [1.82, 2.24) is 4.98 Å². The topological polar surface area (TPSA) is 106 Å². The first-order chi connectivity index (χ1) is 8.45. The summed E-state index contributed by atoms with van der Waals surface area (Å²) in [5.74, 6) is 0.582. The van der Waals surface area contributed by atoms with E-state index in [1.165, 1.54) is 12.1 Å². The molecule has 0 saturated heterocycles. The van der Waals surface area contributed by atoms with Gasteiger partial charge >= 0.3 is 0 Å². The number of aliphatic hydroxyl groups excluding tert-OH is 1. The second-order valence-corrected chi connectivity index (χ2v) is 4.23. The van der Waals surface area contributed by atoms with Crippen LogP contribution in [0.2, 0.25) is 0 Å². The maximum absolute atomic E-state index is 10.8. The summed E-state index contributed by atoms with van der Waals surface area (Å²) in [4.78, 5) is 16.3. The zero-order valence-electron chi connectivity index (χ0n) is 10.5. The number of pyridine rings is 1. The first-order valence-electron chi connectivity index (χ1n) is 5.75. The number of anilines is 2. The summed E-state index contributed by atoms with van der Waals surface area (Å²) < 4.78 is 0. The third kappa shape index (κ3) is 3.56. The normalized spacial score (nSPS) is 10.7. The predicted molar refractivity (Wildman–Crippen MR) is 69.5 cm³/mol. The fraction of sp³-hybridized carbons (Fsp3) is 0.545. The number of nitro groups is 1. The average molecular weight is 254 g/mol. The molecule has 3 N–H and O–H groups in total. The highest BCUT2D eigenvalue weighted by atomic mass is 16.6. The molecule has 0 atom stereocenters. The van der Waals surface area contributed by atoms with Crippen LogP contribution in [0, 0.1) is 10.1 Å². The maximum atomic E-state index is 10.8. The quantitative estimate of drug-likeness (QED) is 0.583. The van der Waals surface area contributed by atoms with Gasteiger partial charge in [0.05, 0.1) is 17.1 Å². The molecule has 7 nitrogen and oxygen atoms in total. The smallest absolute Gasteiger partial charge is 0.276 e. The van der Waals surface area contributed by atoms with Crippen molar-refractivity contribution >= 4 is 17.3 Å². The number of hydrogen-bond acceptors (Lipinski definition) is 6. The van der Waals surface area contributed by atoms with Crippen LogP contribution in [0.1, 0.15) is 20.3 Å². The molecule has 0 fully saturated rings. The van der Waals surface area contributed by atoms with Crippen LogP contribution in [-0.4, -0.2) is 34.2 Å². The van der Waals surface area contributed by atoms with Gasteiger partial charge in [0, 0.05) is 19.2 Å². The lowest BCUT2D eigenvalue weighted by Gasteiger charge is -2.27. The van der Waals surface area contributed by atoms with E-state index in [2.05, 4.69) is 4.98 Å². The zero-order valence-corrected chi connectivity index (χ0v) is 10.5. The Balaban J connectivity index is 3.07. The SMILES string of the molecule is CC(C)N(CCCO)c1cc([N+](=O)[O-])cc(N)n1. The van der Waals surface area contributed by atoms with Crippen LogP contribution in [0.4, 0.5) is 17.3 Å². The molecule has 1 aromatic heterocycles. The molecule has 0 aliphatic heterocycles. The summed E-state index contributed by atoms with van der Waals surface area (Å²) in [7, 11) is 0. The molecule has 0 amide bonds. The Hall–Kier alpha value is -1.89. The Kier molecular flexibility index (Phi) is 4.85. The van der Waals surface area contributed by atoms with Gasteiger partial charge in [-0.2, -0.15) is 0 Å². The van der Waals surface area contributed by atoms with Crippen molar-refractivity contribution in [3.05, 3.63) is 22.2 Å². The number of nitrogens with two attached hydrogens (primary N) is 1. The third-order valence-electron chi connectivity index (χ3n) is 2.50. The molecule has 1 heterocycles. The van der Waals surface area contributed by atoms with E-state index in [4.69, 9.17) is 10.8 Å². The van der Waals surface area contributed by atoms with Crippen LogP contribution >= 0.6 is 0 Å². The first-order valence-corrected chi connectivity index (χ1v) is 5.75. The molecule has 0 bridgehead atoms. The third-order valence-corrected chi connectivity index (χ3v) is 2.50. The summed E-state index contributed by atoms with van der Waals surface area (Å²) >= 11 is 0. The van der Waals surface area contributed by atoms with Gasteiger partial charge in [-0.3, -0.25) is 10.1 Å². The largest absolute Gasteiger partial charge is 0.396 e. The standard InChI is InChI=1S/C11H18N4O3/c1-8(2)14(4-3-5-16)11-7-9(15(17)18)6-10(12)13-11/h6-8,16H,3-5H2,1-2H3,(H2,12,13). The fourth-order valence-electron chi connectivity index (χ4n) is 1.65. The lowest BCUT2D eigenvalue weighted by Crippen LogP contribution is -2.33. The first kappa shape index (κ1) is 14.2. The van der Waals surface area contributed by atoms with Crippen LogP contribution in [0.5, 0.6) is 0 Å². The molecule has 0 aliphatic carbocycles. The highest BCUT2D eigenvalue weighted by Crippen LogP contribution is 2.23. The molecule has 0 spiro atoms. The number of hydrogen-bond donors (Lipinski definition) is 2. The number of nitrogen functional groups attached to an aromatic ring is 1. The molecule has 7 heteroatoms. The minimum Gasteiger partial charge on any atom is -0.396 e. The summed E-state index contributed by atoms with van der Waals surface area (Å²) in [6.07, 6.45) is 0.572. The van der Waals surface area contributed by atoms with Crippen LogP contribution in [-0.2, 0) is 0 Å². The van der Waals surface area contributed by atoms with Crippen LogP contribution in [0.15, 0.2) is 12.1 Å². The second kappa shape index (κ2) is 6.15. The molecule has 1 aromatic rings. The van der Waals surface area contributed by atoms with Crippen molar-refractivity contribution in [1.29, 1.82) is 0 Å². The van der Waals surface area contributed by atoms with Crippen LogP contribution in [0.3, 0.4) is 0 Å². The van der Waals surface area contributed by atoms with Gasteiger partial charge < -0.3 is 15.7 Å². The lowest BCUT2D eigenvalue weighted by molar-refractivity contribution is -0.384. The Morgan fingerprint density at radius 2 is 2.22 bits per heavy atom. The summed E-state index contributed by atoms with van der Waals surface area (Å²) in [6, 6.07) is 2.74. The second-order valence-electron chi connectivity index (χ2n) is 4.23. The number of nitrogens with zero attached hydrogens (tertiary/aromatic N) is 3. The van der Waals surface area contributed by atoms with Crippen LogP contribution in [0.25, 0.3) is 0 Å². The van der Waals surface area contributed by atoms with Crippen molar-refractivity contribution in [2.45, 2.75) is 26.3 Å². The Bertz CT molecular complexity index is 423. The molecule has 0 unspecified atom stereocenters. The van der Waals surface area contributed by atoms with E-state index in [9.17, 15) is 10.1 Å². The molecule has 0 saturated carbocycles. The highest BCUT2D eigenvalue weighted by molar-refractivity contribution is 5.54. The van der Waals surface area contributed by atoms with Crippen molar-refractivity contribution in [3.8, 4) is 0 Å². The molecular weight excluding hydrogens is 236 g/mol. The minimum absolute atomic E-state index is 0.0631. The summed E-state index contributed by atoms with van der Waals surface area (Å²) in [5, 5.41) is 19.6. The van der Waals surface area contributed by atoms with Crippen molar-refractivity contribution < 1.29 is 10.0 Å². The van der Waals surface area contributed by atoms with E-state index in [-0.39, 0.29) is 24.2 Å². The van der Waals surface area contributed by atoms with Crippen molar-refractivity contribution in [3.63, 3.8) is 0 Å². The summed E-state index contributed by atoms with van der Waals surface area (Å²) in [5.41, 5.74) is 5.50. The highest BCUT2D eigenvalue weighted by Gasteiger charge is 2.16. The lowest BCUT2D eigenvalue weighted by atomic mass is 10.2. The molecule has 0 radical (unpaired) electrons. The number of rotatable bonds is 6. The van der Waals surface area contributed by atoms with Gasteiger partial charge in [-0.05, 0) is 20.3 Å². The zero-order chi connectivity index (χ0) is 13.7. The Labute approximate surface area is 105 Å². The minimum atomic E-state index is -0.494. The fourth-order valence-corrected chi connectivity index (χ4v) is 1.65. The molecule has 1 rings (SSSR count). The van der Waals surface area contributed by atoms with E-state index >= 15 is 0 Å².